The Morgan fingerprint density at radius 3 is 2.69 bits per heavy atom. The fourth-order valence-electron chi connectivity index (χ4n) is 1.72. The van der Waals surface area contributed by atoms with Crippen LogP contribution >= 0.6 is 11.6 Å². The quantitative estimate of drug-likeness (QED) is 0.743. The molecule has 1 heterocycles. The van der Waals surface area contributed by atoms with Gasteiger partial charge in [0, 0.05) is 17.2 Å². The number of nitrogens with one attached hydrogen (secondary N) is 1. The van der Waals surface area contributed by atoms with Gasteiger partial charge < -0.3 is 0 Å². The minimum absolute atomic E-state index is 0.470. The average Bonchev–Trinajstić information content (AvgIpc) is 2.84. The van der Waals surface area contributed by atoms with Crippen molar-refractivity contribution in [1.82, 2.24) is 10.2 Å². The van der Waals surface area contributed by atoms with Gasteiger partial charge in [0.1, 0.15) is 0 Å². The first-order chi connectivity index (χ1) is 6.24. The molecule has 1 aromatic heterocycles. The first kappa shape index (κ1) is 9.07. The minimum Gasteiger partial charge on any atom is -0.282 e. The van der Waals surface area contributed by atoms with Crippen molar-refractivity contribution in [3.8, 4) is 0 Å². The number of rotatable bonds is 3. The van der Waals surface area contributed by atoms with Crippen LogP contribution in [0.15, 0.2) is 0 Å². The zero-order valence-corrected chi connectivity index (χ0v) is 8.86. The number of aromatic nitrogens is 2. The van der Waals surface area contributed by atoms with Crippen LogP contribution in [0.25, 0.3) is 0 Å². The summed E-state index contributed by atoms with van der Waals surface area (Å²) in [5, 5.41) is 7.47. The van der Waals surface area contributed by atoms with Crippen LogP contribution in [0.3, 0.4) is 0 Å². The van der Waals surface area contributed by atoms with Gasteiger partial charge in [-0.15, -0.1) is 11.6 Å². The molecule has 0 amide bonds. The molecule has 0 saturated heterocycles. The molecule has 0 unspecified atom stereocenters. The van der Waals surface area contributed by atoms with Gasteiger partial charge in [0.2, 0.25) is 0 Å². The molecule has 0 aromatic carbocycles. The first-order valence-electron chi connectivity index (χ1n) is 4.87. The largest absolute Gasteiger partial charge is 0.282 e. The highest BCUT2D eigenvalue weighted by atomic mass is 35.5. The molecule has 0 spiro atoms. The van der Waals surface area contributed by atoms with E-state index >= 15 is 0 Å². The molecule has 3 heteroatoms. The van der Waals surface area contributed by atoms with Crippen molar-refractivity contribution >= 4 is 11.6 Å². The van der Waals surface area contributed by atoms with Gasteiger partial charge in [-0.3, -0.25) is 5.10 Å². The Kier molecular flexibility index (Phi) is 2.33. The van der Waals surface area contributed by atoms with Crippen LogP contribution in [0.2, 0.25) is 0 Å². The normalized spacial score (nSPS) is 16.9. The third kappa shape index (κ3) is 1.60. The maximum absolute atomic E-state index is 5.93. The molecule has 72 valence electrons. The number of alkyl halides is 1. The van der Waals surface area contributed by atoms with Gasteiger partial charge in [-0.25, -0.2) is 0 Å². The molecule has 1 fully saturated rings. The lowest BCUT2D eigenvalue weighted by Crippen LogP contribution is -1.93. The topological polar surface area (TPSA) is 28.7 Å². The minimum atomic E-state index is 0.470. The fourth-order valence-corrected chi connectivity index (χ4v) is 2.00. The van der Waals surface area contributed by atoms with E-state index in [4.69, 9.17) is 11.6 Å². The van der Waals surface area contributed by atoms with Crippen molar-refractivity contribution < 1.29 is 0 Å². The number of H-pyrrole nitrogens is 1. The number of hydrogen-bond donors (Lipinski definition) is 1. The predicted molar refractivity (Wildman–Crippen MR) is 54.2 cm³/mol. The Labute approximate surface area is 83.7 Å². The summed E-state index contributed by atoms with van der Waals surface area (Å²) in [4.78, 5) is 0. The van der Waals surface area contributed by atoms with Gasteiger partial charge in [-0.2, -0.15) is 5.10 Å². The first-order valence-corrected chi connectivity index (χ1v) is 5.40. The van der Waals surface area contributed by atoms with E-state index in [0.29, 0.717) is 17.7 Å². The maximum atomic E-state index is 5.93. The zero-order valence-electron chi connectivity index (χ0n) is 8.10. The van der Waals surface area contributed by atoms with Crippen LogP contribution in [0.4, 0.5) is 0 Å². The number of halogens is 1. The summed E-state index contributed by atoms with van der Waals surface area (Å²) in [5.74, 6) is 1.78. The third-order valence-corrected chi connectivity index (χ3v) is 2.86. The second-order valence-corrected chi connectivity index (χ2v) is 4.33. The van der Waals surface area contributed by atoms with Crippen molar-refractivity contribution in [3.63, 3.8) is 0 Å². The molecule has 1 N–H and O–H groups in total. The van der Waals surface area contributed by atoms with E-state index in [9.17, 15) is 0 Å². The van der Waals surface area contributed by atoms with Crippen LogP contribution in [0, 0.1) is 0 Å². The lowest BCUT2D eigenvalue weighted by molar-refractivity contribution is 0.802. The van der Waals surface area contributed by atoms with E-state index in [1.165, 1.54) is 24.1 Å². The molecule has 1 saturated carbocycles. The predicted octanol–water partition coefficient (Wildman–Crippen LogP) is 3.15. The van der Waals surface area contributed by atoms with Gasteiger partial charge in [-0.1, -0.05) is 13.8 Å². The standard InChI is InChI=1S/C10H15ClN2/c1-6(2)9-8(5-11)10(13-12-9)7-3-4-7/h6-7H,3-5H2,1-2H3,(H,12,13). The van der Waals surface area contributed by atoms with Crippen LogP contribution in [0.1, 0.15) is 55.5 Å². The Hall–Kier alpha value is -0.500. The molecule has 13 heavy (non-hydrogen) atoms. The molecule has 0 bridgehead atoms. The van der Waals surface area contributed by atoms with Gasteiger partial charge in [0.05, 0.1) is 11.6 Å². The van der Waals surface area contributed by atoms with Crippen LogP contribution < -0.4 is 0 Å². The van der Waals surface area contributed by atoms with Crippen LogP contribution in [-0.4, -0.2) is 10.2 Å². The molecular formula is C10H15ClN2. The molecular weight excluding hydrogens is 184 g/mol. The summed E-state index contributed by atoms with van der Waals surface area (Å²) < 4.78 is 0. The Balaban J connectivity index is 2.35. The van der Waals surface area contributed by atoms with E-state index < -0.39 is 0 Å². The smallest absolute Gasteiger partial charge is 0.0694 e. The van der Waals surface area contributed by atoms with E-state index in [1.54, 1.807) is 0 Å². The molecule has 1 aliphatic carbocycles. The van der Waals surface area contributed by atoms with E-state index in [2.05, 4.69) is 24.0 Å². The van der Waals surface area contributed by atoms with Gasteiger partial charge in [-0.05, 0) is 18.8 Å². The summed E-state index contributed by atoms with van der Waals surface area (Å²) in [5.41, 5.74) is 3.69. The SMILES string of the molecule is CC(C)c1n[nH]c(C2CC2)c1CCl. The zero-order chi connectivity index (χ0) is 9.42. The van der Waals surface area contributed by atoms with Crippen molar-refractivity contribution in [2.24, 2.45) is 0 Å². The third-order valence-electron chi connectivity index (χ3n) is 2.60. The van der Waals surface area contributed by atoms with Crippen LogP contribution in [-0.2, 0) is 5.88 Å². The Bertz CT molecular complexity index is 280. The van der Waals surface area contributed by atoms with Crippen molar-refractivity contribution in [3.05, 3.63) is 17.0 Å². The molecule has 0 radical (unpaired) electrons. The lowest BCUT2D eigenvalue weighted by atomic mass is 10.0. The summed E-state index contributed by atoms with van der Waals surface area (Å²) in [6, 6.07) is 0. The lowest BCUT2D eigenvalue weighted by Gasteiger charge is -2.03. The molecule has 1 aliphatic rings. The number of hydrogen-bond acceptors (Lipinski definition) is 1. The van der Waals surface area contributed by atoms with Gasteiger partial charge in [0.15, 0.2) is 0 Å². The van der Waals surface area contributed by atoms with Crippen molar-refractivity contribution in [2.75, 3.05) is 0 Å². The Morgan fingerprint density at radius 2 is 2.23 bits per heavy atom. The highest BCUT2D eigenvalue weighted by Gasteiger charge is 2.29. The average molecular weight is 199 g/mol. The number of aromatic amines is 1. The number of nitrogens with zero attached hydrogens (tertiary/aromatic N) is 1. The molecule has 0 atom stereocenters. The van der Waals surface area contributed by atoms with Crippen molar-refractivity contribution in [2.45, 2.75) is 44.4 Å². The highest BCUT2D eigenvalue weighted by Crippen LogP contribution is 2.42. The van der Waals surface area contributed by atoms with E-state index in [1.807, 2.05) is 0 Å². The second-order valence-electron chi connectivity index (χ2n) is 4.06. The molecule has 0 aliphatic heterocycles. The van der Waals surface area contributed by atoms with Gasteiger partial charge >= 0.3 is 0 Å². The highest BCUT2D eigenvalue weighted by molar-refractivity contribution is 6.17. The second kappa shape index (κ2) is 3.33. The summed E-state index contributed by atoms with van der Waals surface area (Å²) in [6.07, 6.45) is 2.59. The van der Waals surface area contributed by atoms with E-state index in [0.717, 1.165) is 5.69 Å². The molecule has 2 nitrogen and oxygen atoms in total. The summed E-state index contributed by atoms with van der Waals surface area (Å²) in [7, 11) is 0. The molecule has 2 rings (SSSR count). The Morgan fingerprint density at radius 1 is 1.54 bits per heavy atom. The molecule has 1 aromatic rings. The van der Waals surface area contributed by atoms with Gasteiger partial charge in [0.25, 0.3) is 0 Å². The summed E-state index contributed by atoms with van der Waals surface area (Å²) >= 11 is 5.93. The maximum Gasteiger partial charge on any atom is 0.0694 e. The monoisotopic (exact) mass is 198 g/mol. The fraction of sp³-hybridized carbons (Fsp3) is 0.700. The van der Waals surface area contributed by atoms with Crippen molar-refractivity contribution in [1.29, 1.82) is 0 Å². The van der Waals surface area contributed by atoms with E-state index in [-0.39, 0.29) is 0 Å². The van der Waals surface area contributed by atoms with Crippen LogP contribution in [0.5, 0.6) is 0 Å². The summed E-state index contributed by atoms with van der Waals surface area (Å²) in [6.45, 7) is 4.31.